The Labute approximate surface area is 99.0 Å². The third-order valence-corrected chi connectivity index (χ3v) is 2.80. The lowest BCUT2D eigenvalue weighted by Gasteiger charge is -1.99. The number of benzene rings is 2. The van der Waals surface area contributed by atoms with Gasteiger partial charge in [-0.05, 0) is 24.3 Å². The summed E-state index contributed by atoms with van der Waals surface area (Å²) in [6.45, 7) is 0. The molecule has 1 atom stereocenters. The molecule has 1 saturated heterocycles. The van der Waals surface area contributed by atoms with Gasteiger partial charge in [-0.2, -0.15) is 0 Å². The highest BCUT2D eigenvalue weighted by molar-refractivity contribution is 6.30. The average molecular weight is 232 g/mol. The lowest BCUT2D eigenvalue weighted by molar-refractivity contribution is 0.402. The predicted octanol–water partition coefficient (Wildman–Crippen LogP) is 3.79. The molecule has 1 heterocycles. The van der Waals surface area contributed by atoms with Crippen molar-refractivity contribution in [3.05, 3.63) is 65.2 Å². The van der Waals surface area contributed by atoms with Crippen molar-refractivity contribution in [1.29, 1.82) is 0 Å². The molecule has 1 aliphatic heterocycles. The van der Waals surface area contributed by atoms with E-state index in [9.17, 15) is 0 Å². The van der Waals surface area contributed by atoms with Crippen molar-refractivity contribution in [3.8, 4) is 0 Å². The summed E-state index contributed by atoms with van der Waals surface area (Å²) in [7, 11) is 0. The second-order valence-corrected chi connectivity index (χ2v) is 4.11. The Balaban J connectivity index is 1.79. The van der Waals surface area contributed by atoms with Gasteiger partial charge in [-0.1, -0.05) is 41.9 Å². The Morgan fingerprint density at radius 1 is 0.938 bits per heavy atom. The zero-order valence-electron chi connectivity index (χ0n) is 8.51. The van der Waals surface area contributed by atoms with Crippen LogP contribution in [-0.4, -0.2) is 0 Å². The summed E-state index contributed by atoms with van der Waals surface area (Å²) in [6.07, 6.45) is 0.0275. The van der Waals surface area contributed by atoms with E-state index in [-0.39, 0.29) is 6.23 Å². The molecule has 2 aromatic carbocycles. The summed E-state index contributed by atoms with van der Waals surface area (Å²) < 4.78 is 0. The summed E-state index contributed by atoms with van der Waals surface area (Å²) in [5, 5.41) is 2.62. The van der Waals surface area contributed by atoms with E-state index in [1.165, 1.54) is 0 Å². The number of hydrogen-bond donors (Lipinski definition) is 0. The van der Waals surface area contributed by atoms with E-state index in [2.05, 4.69) is 0 Å². The number of rotatable bonds is 2. The lowest BCUT2D eigenvalue weighted by Crippen LogP contribution is -1.93. The monoisotopic (exact) mass is 231 g/mol. The molecular weight excluding hydrogens is 222 g/mol. The van der Waals surface area contributed by atoms with E-state index in [1.54, 1.807) is 0 Å². The number of halogens is 1. The van der Waals surface area contributed by atoms with Crippen molar-refractivity contribution < 1.29 is 4.84 Å². The summed E-state index contributed by atoms with van der Waals surface area (Å²) in [6, 6.07) is 17.7. The Bertz CT molecular complexity index is 483. The van der Waals surface area contributed by atoms with Gasteiger partial charge >= 0.3 is 0 Å². The van der Waals surface area contributed by atoms with Gasteiger partial charge in [0.15, 0.2) is 0 Å². The van der Waals surface area contributed by atoms with Crippen LogP contribution in [0.15, 0.2) is 54.6 Å². The molecule has 1 fully saturated rings. The van der Waals surface area contributed by atoms with Crippen LogP contribution in [0.4, 0.5) is 5.69 Å². The van der Waals surface area contributed by atoms with E-state index in [1.807, 2.05) is 59.7 Å². The minimum atomic E-state index is 0.0275. The molecule has 0 N–H and O–H groups in total. The van der Waals surface area contributed by atoms with Gasteiger partial charge in [0.2, 0.25) is 6.23 Å². The molecule has 0 bridgehead atoms. The molecule has 1 aliphatic rings. The van der Waals surface area contributed by atoms with Gasteiger partial charge in [-0.15, -0.1) is 0 Å². The maximum absolute atomic E-state index is 5.84. The van der Waals surface area contributed by atoms with Gasteiger partial charge in [-0.25, -0.2) is 9.90 Å². The van der Waals surface area contributed by atoms with Gasteiger partial charge in [0.25, 0.3) is 0 Å². The minimum Gasteiger partial charge on any atom is -0.238 e. The third-order valence-electron chi connectivity index (χ3n) is 2.55. The van der Waals surface area contributed by atoms with Crippen molar-refractivity contribution in [3.63, 3.8) is 0 Å². The topological polar surface area (TPSA) is 15.5 Å². The van der Waals surface area contributed by atoms with Crippen molar-refractivity contribution >= 4 is 17.3 Å². The molecule has 0 aromatic heterocycles. The molecule has 0 aliphatic carbocycles. The molecule has 0 radical (unpaired) electrons. The van der Waals surface area contributed by atoms with Gasteiger partial charge in [-0.3, -0.25) is 0 Å². The smallest absolute Gasteiger partial charge is 0.206 e. The van der Waals surface area contributed by atoms with Crippen LogP contribution in [0.1, 0.15) is 11.8 Å². The van der Waals surface area contributed by atoms with Crippen LogP contribution in [0.5, 0.6) is 0 Å². The van der Waals surface area contributed by atoms with Crippen molar-refractivity contribution in [2.24, 2.45) is 0 Å². The number of anilines is 1. The van der Waals surface area contributed by atoms with Crippen molar-refractivity contribution in [1.82, 2.24) is 0 Å². The van der Waals surface area contributed by atoms with Crippen molar-refractivity contribution in [2.45, 2.75) is 6.23 Å². The molecule has 0 amide bonds. The van der Waals surface area contributed by atoms with Crippen LogP contribution in [0.25, 0.3) is 0 Å². The number of nitrogens with zero attached hydrogens (tertiary/aromatic N) is 1. The highest BCUT2D eigenvalue weighted by Crippen LogP contribution is 2.41. The molecule has 2 nitrogen and oxygen atoms in total. The molecule has 2 aromatic rings. The highest BCUT2D eigenvalue weighted by Gasteiger charge is 2.38. The Morgan fingerprint density at radius 2 is 1.62 bits per heavy atom. The highest BCUT2D eigenvalue weighted by atomic mass is 35.5. The largest absolute Gasteiger partial charge is 0.238 e. The predicted molar refractivity (Wildman–Crippen MR) is 64.2 cm³/mol. The number of hydroxylamine groups is 1. The molecule has 0 spiro atoms. The fourth-order valence-electron chi connectivity index (χ4n) is 1.68. The summed E-state index contributed by atoms with van der Waals surface area (Å²) in [5.41, 5.74) is 2.19. The Morgan fingerprint density at radius 3 is 2.31 bits per heavy atom. The van der Waals surface area contributed by atoms with Gasteiger partial charge < -0.3 is 0 Å². The third kappa shape index (κ3) is 1.77. The fraction of sp³-hybridized carbons (Fsp3) is 0.0769. The normalized spacial score (nSPS) is 18.6. The van der Waals surface area contributed by atoms with E-state index < -0.39 is 0 Å². The van der Waals surface area contributed by atoms with Crippen LogP contribution < -0.4 is 5.06 Å². The molecule has 3 heteroatoms. The summed E-state index contributed by atoms with van der Waals surface area (Å²) in [4.78, 5) is 5.52. The average Bonchev–Trinajstić information content (AvgIpc) is 3.11. The molecule has 1 unspecified atom stereocenters. The van der Waals surface area contributed by atoms with Crippen LogP contribution in [0, 0.1) is 0 Å². The molecule has 0 saturated carbocycles. The Hall–Kier alpha value is -1.51. The first-order valence-corrected chi connectivity index (χ1v) is 5.49. The zero-order valence-corrected chi connectivity index (χ0v) is 9.26. The summed E-state index contributed by atoms with van der Waals surface area (Å²) >= 11 is 5.84. The van der Waals surface area contributed by atoms with Crippen LogP contribution in [0.2, 0.25) is 5.02 Å². The van der Waals surface area contributed by atoms with E-state index in [0.29, 0.717) is 0 Å². The molecule has 80 valence electrons. The zero-order chi connectivity index (χ0) is 11.0. The lowest BCUT2D eigenvalue weighted by atomic mass is 10.2. The van der Waals surface area contributed by atoms with Gasteiger partial charge in [0.1, 0.15) is 0 Å². The Kier molecular flexibility index (Phi) is 2.31. The first-order valence-electron chi connectivity index (χ1n) is 5.11. The van der Waals surface area contributed by atoms with Gasteiger partial charge in [0.05, 0.1) is 5.69 Å². The first-order chi connectivity index (χ1) is 7.84. The van der Waals surface area contributed by atoms with Crippen LogP contribution in [0.3, 0.4) is 0 Å². The maximum atomic E-state index is 5.84. The first kappa shape index (κ1) is 9.70. The SMILES string of the molecule is Clc1ccc(C2ON2c2ccccc2)cc1. The molecular formula is C13H10ClNO. The van der Waals surface area contributed by atoms with E-state index in [0.717, 1.165) is 16.3 Å². The fourth-order valence-corrected chi connectivity index (χ4v) is 1.80. The van der Waals surface area contributed by atoms with E-state index >= 15 is 0 Å². The minimum absolute atomic E-state index is 0.0275. The van der Waals surface area contributed by atoms with E-state index in [4.69, 9.17) is 16.4 Å². The van der Waals surface area contributed by atoms with Crippen molar-refractivity contribution in [2.75, 3.05) is 5.06 Å². The van der Waals surface area contributed by atoms with Gasteiger partial charge in [0, 0.05) is 10.6 Å². The maximum Gasteiger partial charge on any atom is 0.206 e. The quantitative estimate of drug-likeness (QED) is 0.731. The summed E-state index contributed by atoms with van der Waals surface area (Å²) in [5.74, 6) is 0. The standard InChI is InChI=1S/C13H10ClNO/c14-11-8-6-10(7-9-11)13-15(16-13)12-4-2-1-3-5-12/h1-9,13H. The molecule has 16 heavy (non-hydrogen) atoms. The van der Waals surface area contributed by atoms with Crippen LogP contribution in [-0.2, 0) is 4.84 Å². The second kappa shape index (κ2) is 3.81. The molecule has 3 rings (SSSR count). The number of para-hydroxylation sites is 1. The van der Waals surface area contributed by atoms with Crippen LogP contribution >= 0.6 is 11.6 Å². The number of hydrogen-bond acceptors (Lipinski definition) is 2. The second-order valence-electron chi connectivity index (χ2n) is 3.67.